The molecule has 7 aliphatic rings. The van der Waals surface area contributed by atoms with Crippen molar-refractivity contribution in [2.75, 3.05) is 21.3 Å². The summed E-state index contributed by atoms with van der Waals surface area (Å²) in [4.78, 5) is 13.0. The number of hydrogen-bond acceptors (Lipinski definition) is 17. The van der Waals surface area contributed by atoms with Crippen LogP contribution in [0, 0.1) is 22.7 Å². The van der Waals surface area contributed by atoms with Crippen molar-refractivity contribution in [1.29, 1.82) is 0 Å². The van der Waals surface area contributed by atoms with E-state index < -0.39 is 126 Å². The number of methoxy groups -OCH3 is 3. The molecule has 0 unspecified atom stereocenters. The number of carbonyl (C=O) groups is 1. The Labute approximate surface area is 400 Å². The number of benzene rings is 1. The quantitative estimate of drug-likeness (QED) is 0.0944. The fourth-order valence-corrected chi connectivity index (χ4v) is 14.0. The van der Waals surface area contributed by atoms with Crippen molar-refractivity contribution in [2.24, 2.45) is 22.7 Å². The SMILES string of the molecule is CO[C@H]1[C@@H](O)[C@H](O[C@@H]2[C@@H](C)O[C@@H](O[C@H]3[C@@H](OC)C[C@H](O[C@H]4CC[C@@]5(C)[C@H](CC[C@]6(O)[C@H]5C[C@@H](O)[C@@]5(C)[C@]6(O)CC[C@@]5(O)[C@H](C)OC(=O)/C=C/c5ccccc5)C4)O[C@@H]3C)C[C@H]2OC)O[C@H](C)[C@H]1O. The first kappa shape index (κ1) is 52.2. The maximum atomic E-state index is 13.0. The van der Waals surface area contributed by atoms with Crippen molar-refractivity contribution in [1.82, 2.24) is 0 Å². The van der Waals surface area contributed by atoms with Gasteiger partial charge in [-0.25, -0.2) is 4.79 Å². The van der Waals surface area contributed by atoms with Crippen molar-refractivity contribution in [2.45, 2.75) is 221 Å². The number of carbonyl (C=O) groups excluding carboxylic acids is 1. The zero-order valence-corrected chi connectivity index (χ0v) is 41.2. The molecule has 0 amide bonds. The van der Waals surface area contributed by atoms with Gasteiger partial charge in [-0.1, -0.05) is 44.2 Å². The number of hydrogen-bond donors (Lipinski definition) is 6. The third-order valence-electron chi connectivity index (χ3n) is 18.2. The van der Waals surface area contributed by atoms with Gasteiger partial charge in [0.1, 0.15) is 47.8 Å². The molecule has 17 nitrogen and oxygen atoms in total. The molecule has 0 aromatic heterocycles. The summed E-state index contributed by atoms with van der Waals surface area (Å²) < 4.78 is 61.2. The van der Waals surface area contributed by atoms with Crippen LogP contribution in [0.3, 0.4) is 0 Å². The molecular formula is C51H78O17. The van der Waals surface area contributed by atoms with Crippen molar-refractivity contribution >= 4 is 12.0 Å². The normalized spacial score (nSPS) is 50.0. The molecule has 3 saturated heterocycles. The van der Waals surface area contributed by atoms with Gasteiger partial charge < -0.3 is 78.0 Å². The second kappa shape index (κ2) is 20.0. The molecule has 7 fully saturated rings. The van der Waals surface area contributed by atoms with Gasteiger partial charge >= 0.3 is 5.97 Å². The van der Waals surface area contributed by atoms with Gasteiger partial charge in [-0.05, 0) is 108 Å². The number of esters is 1. The Morgan fingerprint density at radius 2 is 1.35 bits per heavy atom. The van der Waals surface area contributed by atoms with Crippen molar-refractivity contribution in [3.63, 3.8) is 0 Å². The highest BCUT2D eigenvalue weighted by molar-refractivity contribution is 5.87. The lowest BCUT2D eigenvalue weighted by molar-refractivity contribution is -0.353. The highest BCUT2D eigenvalue weighted by atomic mass is 16.8. The summed E-state index contributed by atoms with van der Waals surface area (Å²) in [6, 6.07) is 9.31. The van der Waals surface area contributed by atoms with Crippen molar-refractivity contribution in [3.8, 4) is 0 Å². The molecule has 0 spiro atoms. The summed E-state index contributed by atoms with van der Waals surface area (Å²) in [5.41, 5.74) is -6.50. The molecule has 6 N–H and O–H groups in total. The van der Waals surface area contributed by atoms with E-state index in [9.17, 15) is 35.4 Å². The number of aliphatic hydroxyl groups excluding tert-OH is 3. The van der Waals surface area contributed by atoms with Crippen LogP contribution in [-0.2, 0) is 52.2 Å². The first-order chi connectivity index (χ1) is 32.2. The number of fused-ring (bicyclic) bond motifs is 5. The third kappa shape index (κ3) is 8.84. The topological polar surface area (TPSA) is 231 Å². The van der Waals surface area contributed by atoms with Crippen LogP contribution in [-0.4, -0.2) is 173 Å². The Morgan fingerprint density at radius 1 is 0.721 bits per heavy atom. The van der Waals surface area contributed by atoms with E-state index in [1.807, 2.05) is 44.2 Å². The van der Waals surface area contributed by atoms with Crippen LogP contribution in [0.4, 0.5) is 0 Å². The second-order valence-electron chi connectivity index (χ2n) is 21.5. The van der Waals surface area contributed by atoms with Crippen LogP contribution in [0.5, 0.6) is 0 Å². The van der Waals surface area contributed by atoms with Gasteiger partial charge in [0.05, 0.1) is 53.7 Å². The van der Waals surface area contributed by atoms with Crippen LogP contribution >= 0.6 is 0 Å². The lowest BCUT2D eigenvalue weighted by Gasteiger charge is -2.69. The minimum atomic E-state index is -1.86. The Bertz CT molecular complexity index is 1910. The Morgan fingerprint density at radius 3 is 1.99 bits per heavy atom. The molecule has 3 aliphatic heterocycles. The van der Waals surface area contributed by atoms with E-state index in [4.69, 9.17) is 47.4 Å². The zero-order chi connectivity index (χ0) is 49.1. The standard InChI is InChI=1S/C51H78O17/c1-27-41(54)45(61-9)42(55)46(64-27)68-44-29(3)63-40(25-35(44)60-8)67-43-28(2)62-39(24-34(43)59-7)66-33-18-19-47(5)32(23-33)17-20-50(57)36(47)26-37(52)48(6)49(56,21-22-51(48,50)58)30(4)65-38(53)16-15-31-13-11-10-12-14-31/h10-16,27-30,32-37,39-46,52,54-58H,17-26H2,1-9H3/b16-15+/t27-,28-,29-,30+,32-,33+,34+,35-,36+,37-,39+,40+,41-,42-,43-,44-,45-,46+,47+,48-,49-,50+,51-/m1/s1. The predicted octanol–water partition coefficient (Wildman–Crippen LogP) is 3.54. The molecular weight excluding hydrogens is 885 g/mol. The van der Waals surface area contributed by atoms with E-state index in [1.54, 1.807) is 41.1 Å². The molecule has 8 rings (SSSR count). The molecule has 4 aliphatic carbocycles. The van der Waals surface area contributed by atoms with Gasteiger partial charge in [0, 0.05) is 40.2 Å². The Kier molecular flexibility index (Phi) is 15.4. The van der Waals surface area contributed by atoms with Gasteiger partial charge in [-0.3, -0.25) is 0 Å². The molecule has 0 radical (unpaired) electrons. The van der Waals surface area contributed by atoms with Crippen LogP contribution in [0.25, 0.3) is 6.08 Å². The molecule has 0 bridgehead atoms. The van der Waals surface area contributed by atoms with Gasteiger partial charge in [-0.2, -0.15) is 0 Å². The average molecular weight is 963 g/mol. The van der Waals surface area contributed by atoms with Crippen LogP contribution < -0.4 is 0 Å². The van der Waals surface area contributed by atoms with E-state index in [0.29, 0.717) is 38.5 Å². The minimum absolute atomic E-state index is 0.0353. The summed E-state index contributed by atoms with van der Waals surface area (Å²) in [5.74, 6) is -0.994. The molecule has 68 heavy (non-hydrogen) atoms. The average Bonchev–Trinajstić information content (AvgIpc) is 3.54. The lowest BCUT2D eigenvalue weighted by atomic mass is 9.40. The lowest BCUT2D eigenvalue weighted by Crippen LogP contribution is -2.79. The minimum Gasteiger partial charge on any atom is -0.456 e. The first-order valence-corrected chi connectivity index (χ1v) is 24.8. The summed E-state index contributed by atoms with van der Waals surface area (Å²) >= 11 is 0. The molecule has 384 valence electrons. The Balaban J connectivity index is 0.869. The van der Waals surface area contributed by atoms with Gasteiger partial charge in [0.15, 0.2) is 18.9 Å². The molecule has 1 aromatic rings. The van der Waals surface area contributed by atoms with Gasteiger partial charge in [0.2, 0.25) is 0 Å². The maximum absolute atomic E-state index is 13.0. The van der Waals surface area contributed by atoms with E-state index in [1.165, 1.54) is 13.2 Å². The van der Waals surface area contributed by atoms with Crippen molar-refractivity contribution < 1.29 is 82.8 Å². The first-order valence-electron chi connectivity index (χ1n) is 24.8. The largest absolute Gasteiger partial charge is 0.456 e. The predicted molar refractivity (Wildman–Crippen MR) is 243 cm³/mol. The highest BCUT2D eigenvalue weighted by Crippen LogP contribution is 2.72. The molecule has 23 atom stereocenters. The summed E-state index contributed by atoms with van der Waals surface area (Å²) in [6.07, 6.45) is -4.62. The summed E-state index contributed by atoms with van der Waals surface area (Å²) in [6.45, 7) is 10.9. The van der Waals surface area contributed by atoms with E-state index in [2.05, 4.69) is 6.92 Å². The molecule has 1 aromatic carbocycles. The fraction of sp³-hybridized carbons (Fsp3) is 0.824. The second-order valence-corrected chi connectivity index (χ2v) is 21.5. The van der Waals surface area contributed by atoms with E-state index in [0.717, 1.165) is 5.56 Å². The third-order valence-corrected chi connectivity index (χ3v) is 18.2. The summed E-state index contributed by atoms with van der Waals surface area (Å²) in [7, 11) is 4.63. The zero-order valence-electron chi connectivity index (χ0n) is 41.2. The number of rotatable bonds is 13. The van der Waals surface area contributed by atoms with Gasteiger partial charge in [-0.15, -0.1) is 0 Å². The van der Waals surface area contributed by atoms with Gasteiger partial charge in [0.25, 0.3) is 0 Å². The van der Waals surface area contributed by atoms with E-state index >= 15 is 0 Å². The van der Waals surface area contributed by atoms with Crippen molar-refractivity contribution in [3.05, 3.63) is 42.0 Å². The number of aliphatic hydroxyl groups is 6. The highest BCUT2D eigenvalue weighted by Gasteiger charge is 2.81. The molecule has 3 heterocycles. The van der Waals surface area contributed by atoms with Crippen LogP contribution in [0.1, 0.15) is 111 Å². The van der Waals surface area contributed by atoms with Crippen LogP contribution in [0.15, 0.2) is 36.4 Å². The van der Waals surface area contributed by atoms with E-state index in [-0.39, 0.29) is 43.8 Å². The van der Waals surface area contributed by atoms with Crippen LogP contribution in [0.2, 0.25) is 0 Å². The Hall–Kier alpha value is -2.17. The number of ether oxygens (including phenoxy) is 10. The fourth-order valence-electron chi connectivity index (χ4n) is 14.0. The monoisotopic (exact) mass is 963 g/mol. The molecule has 17 heteroatoms. The smallest absolute Gasteiger partial charge is 0.331 e. The maximum Gasteiger partial charge on any atom is 0.331 e. The molecule has 4 saturated carbocycles. The summed E-state index contributed by atoms with van der Waals surface area (Å²) in [5, 5.41) is 71.7.